The Bertz CT molecular complexity index is 696. The van der Waals surface area contributed by atoms with E-state index in [2.05, 4.69) is 10.3 Å². The Morgan fingerprint density at radius 3 is 2.95 bits per heavy atom. The third kappa shape index (κ3) is 3.08. The van der Waals surface area contributed by atoms with Gasteiger partial charge in [-0.25, -0.2) is 4.98 Å². The lowest BCUT2D eigenvalue weighted by Gasteiger charge is -2.22. The molecule has 0 atom stereocenters. The van der Waals surface area contributed by atoms with Gasteiger partial charge in [0.1, 0.15) is 5.15 Å². The third-order valence-electron chi connectivity index (χ3n) is 4.21. The van der Waals surface area contributed by atoms with Crippen LogP contribution in [0.5, 0.6) is 0 Å². The van der Waals surface area contributed by atoms with Crippen LogP contribution in [0.2, 0.25) is 5.15 Å². The molecule has 2 heterocycles. The molecule has 5 heteroatoms. The molecule has 116 valence electrons. The lowest BCUT2D eigenvalue weighted by Crippen LogP contribution is -2.32. The van der Waals surface area contributed by atoms with Crippen LogP contribution in [0.3, 0.4) is 0 Å². The minimum absolute atomic E-state index is 0.0880. The van der Waals surface area contributed by atoms with E-state index in [-0.39, 0.29) is 5.91 Å². The Morgan fingerprint density at radius 2 is 2.18 bits per heavy atom. The first-order valence-electron chi connectivity index (χ1n) is 7.56. The highest BCUT2D eigenvalue weighted by atomic mass is 35.5. The summed E-state index contributed by atoms with van der Waals surface area (Å²) in [7, 11) is 0. The molecule has 0 saturated carbocycles. The van der Waals surface area contributed by atoms with Crippen molar-refractivity contribution in [3.63, 3.8) is 0 Å². The summed E-state index contributed by atoms with van der Waals surface area (Å²) in [4.78, 5) is 16.7. The Hall–Kier alpha value is -1.65. The van der Waals surface area contributed by atoms with E-state index in [1.165, 1.54) is 0 Å². The van der Waals surface area contributed by atoms with E-state index in [1.807, 2.05) is 25.1 Å². The van der Waals surface area contributed by atoms with Crippen molar-refractivity contribution >= 4 is 28.3 Å². The molecule has 1 aliphatic heterocycles. The van der Waals surface area contributed by atoms with Gasteiger partial charge in [-0.05, 0) is 31.2 Å². The minimum Gasteiger partial charge on any atom is -0.381 e. The van der Waals surface area contributed by atoms with Gasteiger partial charge in [0.05, 0.1) is 5.56 Å². The fourth-order valence-electron chi connectivity index (χ4n) is 2.91. The predicted octanol–water partition coefficient (Wildman–Crippen LogP) is 3.35. The molecule has 2 aromatic rings. The number of amides is 1. The van der Waals surface area contributed by atoms with Gasteiger partial charge < -0.3 is 10.1 Å². The van der Waals surface area contributed by atoms with E-state index in [0.717, 1.165) is 42.4 Å². The number of pyridine rings is 1. The maximum Gasteiger partial charge on any atom is 0.253 e. The lowest BCUT2D eigenvalue weighted by atomic mass is 9.99. The van der Waals surface area contributed by atoms with Crippen molar-refractivity contribution in [1.29, 1.82) is 0 Å². The second-order valence-corrected chi connectivity index (χ2v) is 6.08. The summed E-state index contributed by atoms with van der Waals surface area (Å²) in [5.41, 5.74) is 1.61. The Labute approximate surface area is 134 Å². The quantitative estimate of drug-likeness (QED) is 0.883. The molecule has 1 fully saturated rings. The smallest absolute Gasteiger partial charge is 0.253 e. The van der Waals surface area contributed by atoms with E-state index < -0.39 is 0 Å². The number of rotatable bonds is 3. The van der Waals surface area contributed by atoms with Crippen LogP contribution < -0.4 is 5.32 Å². The third-order valence-corrected chi connectivity index (χ3v) is 4.51. The van der Waals surface area contributed by atoms with Crippen molar-refractivity contribution in [3.05, 3.63) is 40.7 Å². The molecule has 1 N–H and O–H groups in total. The summed E-state index contributed by atoms with van der Waals surface area (Å²) >= 11 is 6.15. The highest BCUT2D eigenvalue weighted by Crippen LogP contribution is 2.27. The van der Waals surface area contributed by atoms with E-state index in [1.54, 1.807) is 6.20 Å². The molecule has 0 unspecified atom stereocenters. The number of hydrogen-bond donors (Lipinski definition) is 1. The van der Waals surface area contributed by atoms with Crippen LogP contribution in [0.25, 0.3) is 10.8 Å². The highest BCUT2D eigenvalue weighted by molar-refractivity contribution is 6.35. The van der Waals surface area contributed by atoms with E-state index in [4.69, 9.17) is 16.3 Å². The van der Waals surface area contributed by atoms with Crippen LogP contribution >= 0.6 is 11.6 Å². The monoisotopic (exact) mass is 318 g/mol. The van der Waals surface area contributed by atoms with Gasteiger partial charge in [-0.1, -0.05) is 29.8 Å². The topological polar surface area (TPSA) is 51.2 Å². The second kappa shape index (κ2) is 6.63. The average molecular weight is 319 g/mol. The molecule has 0 aliphatic carbocycles. The number of nitrogens with zero attached hydrogens (tertiary/aromatic N) is 1. The Morgan fingerprint density at radius 1 is 1.41 bits per heavy atom. The zero-order valence-corrected chi connectivity index (χ0v) is 13.3. The Balaban J connectivity index is 1.83. The van der Waals surface area contributed by atoms with E-state index in [9.17, 15) is 4.79 Å². The number of fused-ring (bicyclic) bond motifs is 1. The van der Waals surface area contributed by atoms with Crippen LogP contribution in [-0.4, -0.2) is 30.6 Å². The molecule has 3 rings (SSSR count). The molecular formula is C17H19ClN2O2. The summed E-state index contributed by atoms with van der Waals surface area (Å²) in [5.74, 6) is 0.403. The largest absolute Gasteiger partial charge is 0.381 e. The lowest BCUT2D eigenvalue weighted by molar-refractivity contribution is 0.0643. The first kappa shape index (κ1) is 15.3. The molecule has 22 heavy (non-hydrogen) atoms. The molecule has 1 amide bonds. The Kier molecular flexibility index (Phi) is 4.60. The minimum atomic E-state index is -0.0880. The van der Waals surface area contributed by atoms with E-state index >= 15 is 0 Å². The van der Waals surface area contributed by atoms with Gasteiger partial charge in [0.15, 0.2) is 0 Å². The number of nitrogens with one attached hydrogen (secondary N) is 1. The number of aryl methyl sites for hydroxylation is 1. The molecule has 4 nitrogen and oxygen atoms in total. The average Bonchev–Trinajstić information content (AvgIpc) is 2.55. The molecule has 1 aliphatic rings. The summed E-state index contributed by atoms with van der Waals surface area (Å²) in [6.45, 7) is 4.22. The van der Waals surface area contributed by atoms with Gasteiger partial charge in [0, 0.05) is 36.7 Å². The van der Waals surface area contributed by atoms with Crippen molar-refractivity contribution in [2.45, 2.75) is 19.8 Å². The standard InChI is InChI=1S/C17H19ClN2O2/c1-11-3-2-4-13-15(11)14(10-19-16(13)18)17(21)20-9-12-5-7-22-8-6-12/h2-4,10,12H,5-9H2,1H3,(H,20,21). The summed E-state index contributed by atoms with van der Waals surface area (Å²) in [5, 5.41) is 5.16. The summed E-state index contributed by atoms with van der Waals surface area (Å²) in [6.07, 6.45) is 3.56. The van der Waals surface area contributed by atoms with Gasteiger partial charge in [-0.3, -0.25) is 4.79 Å². The normalized spacial score (nSPS) is 15.9. The maximum absolute atomic E-state index is 12.5. The van der Waals surface area contributed by atoms with Crippen LogP contribution in [-0.2, 0) is 4.74 Å². The van der Waals surface area contributed by atoms with Crippen molar-refractivity contribution in [2.24, 2.45) is 5.92 Å². The number of benzene rings is 1. The molecular weight excluding hydrogens is 300 g/mol. The zero-order valence-electron chi connectivity index (χ0n) is 12.6. The van der Waals surface area contributed by atoms with Gasteiger partial charge in [-0.2, -0.15) is 0 Å². The van der Waals surface area contributed by atoms with Crippen LogP contribution in [0.1, 0.15) is 28.8 Å². The second-order valence-electron chi connectivity index (χ2n) is 5.73. The first-order valence-corrected chi connectivity index (χ1v) is 7.94. The van der Waals surface area contributed by atoms with Crippen molar-refractivity contribution in [3.8, 4) is 0 Å². The molecule has 1 aromatic carbocycles. The number of ether oxygens (including phenoxy) is 1. The van der Waals surface area contributed by atoms with Crippen molar-refractivity contribution in [1.82, 2.24) is 10.3 Å². The molecule has 0 bridgehead atoms. The molecule has 0 spiro atoms. The van der Waals surface area contributed by atoms with Crippen molar-refractivity contribution < 1.29 is 9.53 Å². The molecule has 0 radical (unpaired) electrons. The van der Waals surface area contributed by atoms with Crippen LogP contribution in [0.4, 0.5) is 0 Å². The van der Waals surface area contributed by atoms with Crippen LogP contribution in [0.15, 0.2) is 24.4 Å². The number of carbonyl (C=O) groups excluding carboxylic acids is 1. The summed E-state index contributed by atoms with van der Waals surface area (Å²) in [6, 6.07) is 5.80. The van der Waals surface area contributed by atoms with Gasteiger partial charge in [0.25, 0.3) is 5.91 Å². The number of hydrogen-bond acceptors (Lipinski definition) is 3. The first-order chi connectivity index (χ1) is 10.7. The maximum atomic E-state index is 12.5. The van der Waals surface area contributed by atoms with Crippen molar-refractivity contribution in [2.75, 3.05) is 19.8 Å². The molecule has 1 saturated heterocycles. The van der Waals surface area contributed by atoms with Gasteiger partial charge in [0.2, 0.25) is 0 Å². The number of aromatic nitrogens is 1. The van der Waals surface area contributed by atoms with E-state index in [0.29, 0.717) is 23.2 Å². The number of carbonyl (C=O) groups is 1. The van der Waals surface area contributed by atoms with Crippen LogP contribution in [0, 0.1) is 12.8 Å². The van der Waals surface area contributed by atoms with Gasteiger partial charge in [-0.15, -0.1) is 0 Å². The fraction of sp³-hybridized carbons (Fsp3) is 0.412. The predicted molar refractivity (Wildman–Crippen MR) is 87.4 cm³/mol. The highest BCUT2D eigenvalue weighted by Gasteiger charge is 2.18. The van der Waals surface area contributed by atoms with Gasteiger partial charge >= 0.3 is 0 Å². The number of halogens is 1. The fourth-order valence-corrected chi connectivity index (χ4v) is 3.11. The zero-order chi connectivity index (χ0) is 15.5. The summed E-state index contributed by atoms with van der Waals surface area (Å²) < 4.78 is 5.34. The molecule has 1 aromatic heterocycles. The SMILES string of the molecule is Cc1cccc2c(Cl)ncc(C(=O)NCC3CCOCC3)c12.